The van der Waals surface area contributed by atoms with Crippen molar-refractivity contribution in [2.75, 3.05) is 12.9 Å². The number of amides is 1. The van der Waals surface area contributed by atoms with Gasteiger partial charge in [-0.2, -0.15) is 5.10 Å². The first-order valence-electron chi connectivity index (χ1n) is 11.4. The summed E-state index contributed by atoms with van der Waals surface area (Å²) >= 11 is 7.37. The van der Waals surface area contributed by atoms with E-state index >= 15 is 0 Å². The molecule has 1 heterocycles. The van der Waals surface area contributed by atoms with Gasteiger partial charge in [0.2, 0.25) is 0 Å². The standard InChI is InChI=1S/C28H22ClN5O2S/c1-36-25-16-11-19-7-5-6-10-23(19)24(25)17-30-31-26(35)18-37-28-33-32-27(20-8-3-2-4-9-20)34(28)22-14-12-21(29)13-15-22/h2-17H,18H2,1H3,(H,31,35). The van der Waals surface area contributed by atoms with Gasteiger partial charge in [-0.25, -0.2) is 5.43 Å². The molecule has 0 bridgehead atoms. The topological polar surface area (TPSA) is 81.4 Å². The van der Waals surface area contributed by atoms with Gasteiger partial charge in [0.25, 0.3) is 5.91 Å². The van der Waals surface area contributed by atoms with Crippen LogP contribution in [-0.4, -0.2) is 39.7 Å². The van der Waals surface area contributed by atoms with Crippen LogP contribution in [0, 0.1) is 0 Å². The van der Waals surface area contributed by atoms with Gasteiger partial charge in [0.15, 0.2) is 11.0 Å². The second-order valence-corrected chi connectivity index (χ2v) is 9.35. The SMILES string of the molecule is COc1ccc2ccccc2c1C=NNC(=O)CSc1nnc(-c2ccccc2)n1-c1ccc(Cl)cc1. The van der Waals surface area contributed by atoms with Crippen molar-refractivity contribution in [1.29, 1.82) is 0 Å². The number of fused-ring (bicyclic) bond motifs is 1. The minimum Gasteiger partial charge on any atom is -0.496 e. The molecule has 0 aliphatic rings. The average molecular weight is 528 g/mol. The van der Waals surface area contributed by atoms with Crippen LogP contribution in [0.5, 0.6) is 5.75 Å². The molecule has 0 saturated heterocycles. The molecule has 184 valence electrons. The van der Waals surface area contributed by atoms with E-state index in [4.69, 9.17) is 16.3 Å². The number of thioether (sulfide) groups is 1. The molecule has 5 aromatic rings. The third-order valence-electron chi connectivity index (χ3n) is 5.62. The average Bonchev–Trinajstić information content (AvgIpc) is 3.37. The molecule has 0 aliphatic heterocycles. The smallest absolute Gasteiger partial charge is 0.250 e. The normalized spacial score (nSPS) is 11.2. The minimum absolute atomic E-state index is 0.102. The lowest BCUT2D eigenvalue weighted by molar-refractivity contribution is -0.118. The summed E-state index contributed by atoms with van der Waals surface area (Å²) in [5.74, 6) is 1.18. The van der Waals surface area contributed by atoms with Gasteiger partial charge in [0.1, 0.15) is 5.75 Å². The second-order valence-electron chi connectivity index (χ2n) is 7.97. The Balaban J connectivity index is 1.33. The van der Waals surface area contributed by atoms with E-state index in [2.05, 4.69) is 20.7 Å². The number of halogens is 1. The highest BCUT2D eigenvalue weighted by Crippen LogP contribution is 2.29. The van der Waals surface area contributed by atoms with Gasteiger partial charge in [0, 0.05) is 21.8 Å². The van der Waals surface area contributed by atoms with Crippen LogP contribution in [0.3, 0.4) is 0 Å². The molecule has 0 atom stereocenters. The van der Waals surface area contributed by atoms with Gasteiger partial charge in [-0.1, -0.05) is 84.0 Å². The van der Waals surface area contributed by atoms with Gasteiger partial charge < -0.3 is 4.74 Å². The van der Waals surface area contributed by atoms with Crippen LogP contribution < -0.4 is 10.2 Å². The summed E-state index contributed by atoms with van der Waals surface area (Å²) in [6.07, 6.45) is 1.60. The quantitative estimate of drug-likeness (QED) is 0.152. The maximum absolute atomic E-state index is 12.6. The zero-order chi connectivity index (χ0) is 25.6. The maximum Gasteiger partial charge on any atom is 0.250 e. The lowest BCUT2D eigenvalue weighted by Gasteiger charge is -2.10. The Labute approximate surface area is 223 Å². The molecule has 0 radical (unpaired) electrons. The number of benzene rings is 4. The van der Waals surface area contributed by atoms with Crippen molar-refractivity contribution in [3.05, 3.63) is 102 Å². The van der Waals surface area contributed by atoms with Crippen LogP contribution in [0.2, 0.25) is 5.02 Å². The van der Waals surface area contributed by atoms with Crippen LogP contribution in [-0.2, 0) is 4.79 Å². The predicted octanol–water partition coefficient (Wildman–Crippen LogP) is 5.99. The van der Waals surface area contributed by atoms with Gasteiger partial charge >= 0.3 is 0 Å². The Bertz CT molecular complexity index is 1570. The highest BCUT2D eigenvalue weighted by molar-refractivity contribution is 7.99. The van der Waals surface area contributed by atoms with Crippen LogP contribution in [0.15, 0.2) is 101 Å². The Hall–Kier alpha value is -4.14. The molecule has 0 unspecified atom stereocenters. The van der Waals surface area contributed by atoms with Crippen molar-refractivity contribution >= 4 is 46.3 Å². The molecule has 0 aliphatic carbocycles. The van der Waals surface area contributed by atoms with Crippen LogP contribution in [0.25, 0.3) is 27.8 Å². The molecule has 4 aromatic carbocycles. The van der Waals surface area contributed by atoms with E-state index in [9.17, 15) is 4.79 Å². The number of nitrogens with one attached hydrogen (secondary N) is 1. The number of aromatic nitrogens is 3. The summed E-state index contributed by atoms with van der Waals surface area (Å²) in [7, 11) is 1.61. The van der Waals surface area contributed by atoms with Crippen LogP contribution >= 0.6 is 23.4 Å². The fraction of sp³-hybridized carbons (Fsp3) is 0.0714. The number of hydrazone groups is 1. The number of hydrogen-bond donors (Lipinski definition) is 1. The van der Waals surface area contributed by atoms with Gasteiger partial charge in [0.05, 0.1) is 19.1 Å². The number of rotatable bonds is 8. The zero-order valence-corrected chi connectivity index (χ0v) is 21.4. The van der Waals surface area contributed by atoms with Crippen molar-refractivity contribution in [2.24, 2.45) is 5.10 Å². The number of ether oxygens (including phenoxy) is 1. The Kier molecular flexibility index (Phi) is 7.49. The van der Waals surface area contributed by atoms with E-state index in [0.717, 1.165) is 27.6 Å². The summed E-state index contributed by atoms with van der Waals surface area (Å²) < 4.78 is 7.39. The summed E-state index contributed by atoms with van der Waals surface area (Å²) in [6.45, 7) is 0. The highest BCUT2D eigenvalue weighted by Gasteiger charge is 2.17. The fourth-order valence-corrected chi connectivity index (χ4v) is 4.75. The van der Waals surface area contributed by atoms with Crippen molar-refractivity contribution in [2.45, 2.75) is 5.16 Å². The third kappa shape index (κ3) is 5.50. The number of carbonyl (C=O) groups is 1. The van der Waals surface area contributed by atoms with Crippen LogP contribution in [0.4, 0.5) is 0 Å². The molecule has 9 heteroatoms. The predicted molar refractivity (Wildman–Crippen MR) is 149 cm³/mol. The van der Waals surface area contributed by atoms with Crippen molar-refractivity contribution in [3.63, 3.8) is 0 Å². The van der Waals surface area contributed by atoms with Gasteiger partial charge in [-0.3, -0.25) is 9.36 Å². The highest BCUT2D eigenvalue weighted by atomic mass is 35.5. The number of carbonyl (C=O) groups excluding carboxylic acids is 1. The number of hydrogen-bond acceptors (Lipinski definition) is 6. The number of methoxy groups -OCH3 is 1. The van der Waals surface area contributed by atoms with Gasteiger partial charge in [-0.15, -0.1) is 10.2 Å². The first-order chi connectivity index (χ1) is 18.1. The molecule has 37 heavy (non-hydrogen) atoms. The maximum atomic E-state index is 12.6. The Morgan fingerprint density at radius 3 is 2.54 bits per heavy atom. The fourth-order valence-electron chi connectivity index (χ4n) is 3.88. The summed E-state index contributed by atoms with van der Waals surface area (Å²) in [6, 6.07) is 29.0. The van der Waals surface area contributed by atoms with Gasteiger partial charge in [-0.05, 0) is 41.1 Å². The lowest BCUT2D eigenvalue weighted by atomic mass is 10.0. The minimum atomic E-state index is -0.271. The third-order valence-corrected chi connectivity index (χ3v) is 6.80. The molecule has 1 aromatic heterocycles. The molecule has 5 rings (SSSR count). The molecule has 0 spiro atoms. The van der Waals surface area contributed by atoms with Crippen molar-refractivity contribution < 1.29 is 9.53 Å². The van der Waals surface area contributed by atoms with E-state index in [0.29, 0.717) is 21.8 Å². The largest absolute Gasteiger partial charge is 0.496 e. The zero-order valence-electron chi connectivity index (χ0n) is 19.8. The van der Waals surface area contributed by atoms with E-state index in [-0.39, 0.29) is 11.7 Å². The molecule has 0 fully saturated rings. The van der Waals surface area contributed by atoms with E-state index in [1.807, 2.05) is 95.6 Å². The van der Waals surface area contributed by atoms with E-state index in [1.165, 1.54) is 11.8 Å². The summed E-state index contributed by atoms with van der Waals surface area (Å²) in [5.41, 5.74) is 5.15. The molecule has 7 nitrogen and oxygen atoms in total. The Morgan fingerprint density at radius 1 is 1.00 bits per heavy atom. The first-order valence-corrected chi connectivity index (χ1v) is 12.8. The molecule has 0 saturated carbocycles. The van der Waals surface area contributed by atoms with Crippen molar-refractivity contribution in [1.82, 2.24) is 20.2 Å². The van der Waals surface area contributed by atoms with E-state index in [1.54, 1.807) is 13.3 Å². The molecular weight excluding hydrogens is 506 g/mol. The number of nitrogens with zero attached hydrogens (tertiary/aromatic N) is 4. The van der Waals surface area contributed by atoms with Crippen LogP contribution in [0.1, 0.15) is 5.56 Å². The monoisotopic (exact) mass is 527 g/mol. The second kappa shape index (κ2) is 11.3. The lowest BCUT2D eigenvalue weighted by Crippen LogP contribution is -2.20. The molecule has 1 amide bonds. The van der Waals surface area contributed by atoms with E-state index < -0.39 is 0 Å². The Morgan fingerprint density at radius 2 is 1.76 bits per heavy atom. The molecular formula is C28H22ClN5O2S. The molecule has 1 N–H and O–H groups in total. The first kappa shape index (κ1) is 24.5. The summed E-state index contributed by atoms with van der Waals surface area (Å²) in [4.78, 5) is 12.6. The summed E-state index contributed by atoms with van der Waals surface area (Å²) in [5, 5.41) is 16.2. The van der Waals surface area contributed by atoms with Crippen molar-refractivity contribution in [3.8, 4) is 22.8 Å².